The molecule has 1 amide bonds. The van der Waals surface area contributed by atoms with Gasteiger partial charge >= 0.3 is 0 Å². The van der Waals surface area contributed by atoms with Crippen LogP contribution < -0.4 is 5.32 Å². The predicted octanol–water partition coefficient (Wildman–Crippen LogP) is 2.47. The molecule has 1 aromatic carbocycles. The molecule has 4 nitrogen and oxygen atoms in total. The zero-order valence-corrected chi connectivity index (χ0v) is 12.3. The Morgan fingerprint density at radius 3 is 3.05 bits per heavy atom. The van der Waals surface area contributed by atoms with E-state index in [0.717, 1.165) is 17.0 Å². The lowest BCUT2D eigenvalue weighted by molar-refractivity contribution is -0.129. The van der Waals surface area contributed by atoms with E-state index in [0.29, 0.717) is 18.1 Å². The smallest absolute Gasteiger partial charge is 0.242 e. The Morgan fingerprint density at radius 2 is 2.30 bits per heavy atom. The average molecular weight is 308 g/mol. The summed E-state index contributed by atoms with van der Waals surface area (Å²) in [7, 11) is 0. The molecule has 1 aliphatic rings. The van der Waals surface area contributed by atoms with E-state index >= 15 is 0 Å². The van der Waals surface area contributed by atoms with Crippen molar-refractivity contribution in [2.24, 2.45) is 0 Å². The van der Waals surface area contributed by atoms with Crippen molar-refractivity contribution >= 4 is 28.8 Å². The molecule has 0 saturated carbocycles. The number of aromatic nitrogens is 1. The number of amides is 1. The van der Waals surface area contributed by atoms with E-state index < -0.39 is 0 Å². The number of nitrogens with zero attached hydrogens (tertiary/aromatic N) is 2. The number of thiazole rings is 1. The van der Waals surface area contributed by atoms with Gasteiger partial charge in [0.1, 0.15) is 6.04 Å². The zero-order valence-electron chi connectivity index (χ0n) is 10.8. The third-order valence-corrected chi connectivity index (χ3v) is 4.46. The molecule has 104 valence electrons. The first-order chi connectivity index (χ1) is 9.75. The van der Waals surface area contributed by atoms with Crippen LogP contribution in [0.5, 0.6) is 0 Å². The normalized spacial score (nSPS) is 19.9. The summed E-state index contributed by atoms with van der Waals surface area (Å²) in [6.07, 6.45) is 1.85. The van der Waals surface area contributed by atoms with Crippen LogP contribution in [-0.2, 0) is 11.3 Å². The molecule has 6 heteroatoms. The molecular formula is C14H14ClN3OS. The van der Waals surface area contributed by atoms with Crippen molar-refractivity contribution in [2.45, 2.75) is 12.6 Å². The van der Waals surface area contributed by atoms with E-state index in [1.165, 1.54) is 0 Å². The fourth-order valence-corrected chi connectivity index (χ4v) is 3.30. The molecule has 2 aromatic rings. The molecule has 2 heterocycles. The molecule has 3 rings (SSSR count). The lowest BCUT2D eigenvalue weighted by atomic mass is 10.0. The molecule has 1 saturated heterocycles. The maximum atomic E-state index is 12.3. The molecular weight excluding hydrogens is 294 g/mol. The Hall–Kier alpha value is -1.43. The van der Waals surface area contributed by atoms with Crippen LogP contribution in [-0.4, -0.2) is 28.9 Å². The summed E-state index contributed by atoms with van der Waals surface area (Å²) in [6.45, 7) is 2.19. The molecule has 1 aliphatic heterocycles. The topological polar surface area (TPSA) is 45.2 Å². The fourth-order valence-electron chi connectivity index (χ4n) is 2.44. The van der Waals surface area contributed by atoms with Crippen LogP contribution in [0.15, 0.2) is 36.0 Å². The van der Waals surface area contributed by atoms with E-state index in [1.54, 1.807) is 11.3 Å². The minimum absolute atomic E-state index is 0.00821. The summed E-state index contributed by atoms with van der Waals surface area (Å²) in [5.41, 5.74) is 2.67. The summed E-state index contributed by atoms with van der Waals surface area (Å²) in [5, 5.41) is 3.54. The maximum absolute atomic E-state index is 12.3. The van der Waals surface area contributed by atoms with E-state index in [-0.39, 0.29) is 11.9 Å². The van der Waals surface area contributed by atoms with Crippen molar-refractivity contribution in [3.05, 3.63) is 51.4 Å². The minimum atomic E-state index is -0.334. The largest absolute Gasteiger partial charge is 0.353 e. The Kier molecular flexibility index (Phi) is 4.00. The van der Waals surface area contributed by atoms with Crippen LogP contribution >= 0.6 is 22.9 Å². The van der Waals surface area contributed by atoms with Crippen molar-refractivity contribution in [3.8, 4) is 0 Å². The number of carbonyl (C=O) groups is 1. The number of hydrogen-bond acceptors (Lipinski definition) is 4. The summed E-state index contributed by atoms with van der Waals surface area (Å²) in [5.74, 6) is 0.00821. The third-order valence-electron chi connectivity index (χ3n) is 3.35. The van der Waals surface area contributed by atoms with Crippen molar-refractivity contribution in [1.29, 1.82) is 0 Å². The summed E-state index contributed by atoms with van der Waals surface area (Å²) < 4.78 is 0. The van der Waals surface area contributed by atoms with Crippen LogP contribution in [0.2, 0.25) is 5.02 Å². The zero-order chi connectivity index (χ0) is 13.9. The van der Waals surface area contributed by atoms with Crippen molar-refractivity contribution < 1.29 is 4.79 Å². The van der Waals surface area contributed by atoms with Gasteiger partial charge in [-0.3, -0.25) is 14.7 Å². The Bertz CT molecular complexity index is 602. The number of carbonyl (C=O) groups excluding carboxylic acids is 1. The highest BCUT2D eigenvalue weighted by Crippen LogP contribution is 2.30. The van der Waals surface area contributed by atoms with Gasteiger partial charge in [0.05, 0.1) is 5.51 Å². The molecule has 0 aliphatic carbocycles. The molecule has 0 bridgehead atoms. The molecule has 0 unspecified atom stereocenters. The van der Waals surface area contributed by atoms with E-state index in [9.17, 15) is 4.79 Å². The van der Waals surface area contributed by atoms with Gasteiger partial charge in [0.15, 0.2) is 0 Å². The minimum Gasteiger partial charge on any atom is -0.353 e. The van der Waals surface area contributed by atoms with E-state index in [2.05, 4.69) is 15.2 Å². The predicted molar refractivity (Wildman–Crippen MR) is 79.7 cm³/mol. The molecule has 1 fully saturated rings. The standard InChI is InChI=1S/C14H14ClN3OS/c15-12-4-2-1-3-11(12)13-14(19)17-5-6-18(13)8-10-7-16-9-20-10/h1-4,7,9,13H,5-6,8H2,(H,17,19)/t13-/m1/s1. The highest BCUT2D eigenvalue weighted by atomic mass is 35.5. The number of rotatable bonds is 3. The SMILES string of the molecule is O=C1NCCN(Cc2cncs2)[C@@H]1c1ccccc1Cl. The first kappa shape index (κ1) is 13.5. The second-order valence-electron chi connectivity index (χ2n) is 4.65. The molecule has 1 N–H and O–H groups in total. The Labute approximate surface area is 126 Å². The number of benzene rings is 1. The van der Waals surface area contributed by atoms with Gasteiger partial charge < -0.3 is 5.32 Å². The number of hydrogen-bond donors (Lipinski definition) is 1. The summed E-state index contributed by atoms with van der Waals surface area (Å²) in [6, 6.07) is 7.19. The average Bonchev–Trinajstić information content (AvgIpc) is 2.93. The van der Waals surface area contributed by atoms with E-state index in [4.69, 9.17) is 11.6 Å². The summed E-state index contributed by atoms with van der Waals surface area (Å²) >= 11 is 7.86. The molecule has 0 radical (unpaired) electrons. The van der Waals surface area contributed by atoms with Gasteiger partial charge in [-0.1, -0.05) is 29.8 Å². The Morgan fingerprint density at radius 1 is 1.45 bits per heavy atom. The first-order valence-electron chi connectivity index (χ1n) is 6.39. The molecule has 1 aromatic heterocycles. The van der Waals surface area contributed by atoms with E-state index in [1.807, 2.05) is 36.0 Å². The Balaban J connectivity index is 1.91. The lowest BCUT2D eigenvalue weighted by Crippen LogP contribution is -2.49. The van der Waals surface area contributed by atoms with Gasteiger partial charge in [-0.2, -0.15) is 0 Å². The molecule has 0 spiro atoms. The number of piperazine rings is 1. The third kappa shape index (κ3) is 2.70. The number of nitrogens with one attached hydrogen (secondary N) is 1. The van der Waals surface area contributed by atoms with Gasteiger partial charge in [-0.15, -0.1) is 11.3 Å². The first-order valence-corrected chi connectivity index (χ1v) is 7.65. The molecule has 1 atom stereocenters. The monoisotopic (exact) mass is 307 g/mol. The van der Waals surface area contributed by atoms with Crippen molar-refractivity contribution in [3.63, 3.8) is 0 Å². The quantitative estimate of drug-likeness (QED) is 0.947. The van der Waals surface area contributed by atoms with Crippen LogP contribution in [0.25, 0.3) is 0 Å². The van der Waals surface area contributed by atoms with Crippen molar-refractivity contribution in [2.75, 3.05) is 13.1 Å². The van der Waals surface area contributed by atoms with Gasteiger partial charge in [0.25, 0.3) is 0 Å². The van der Waals surface area contributed by atoms with Crippen LogP contribution in [0.1, 0.15) is 16.5 Å². The van der Waals surface area contributed by atoms with Gasteiger partial charge in [-0.25, -0.2) is 0 Å². The second kappa shape index (κ2) is 5.91. The van der Waals surface area contributed by atoms with Crippen LogP contribution in [0.3, 0.4) is 0 Å². The highest BCUT2D eigenvalue weighted by Gasteiger charge is 2.32. The van der Waals surface area contributed by atoms with Gasteiger partial charge in [0, 0.05) is 35.7 Å². The second-order valence-corrected chi connectivity index (χ2v) is 6.03. The lowest BCUT2D eigenvalue weighted by Gasteiger charge is -2.35. The van der Waals surface area contributed by atoms with Crippen LogP contribution in [0, 0.1) is 0 Å². The highest BCUT2D eigenvalue weighted by molar-refractivity contribution is 7.09. The molecule has 20 heavy (non-hydrogen) atoms. The summed E-state index contributed by atoms with van der Waals surface area (Å²) in [4.78, 5) is 19.6. The van der Waals surface area contributed by atoms with Gasteiger partial charge in [0.2, 0.25) is 5.91 Å². The van der Waals surface area contributed by atoms with Crippen molar-refractivity contribution in [1.82, 2.24) is 15.2 Å². The maximum Gasteiger partial charge on any atom is 0.242 e. The fraction of sp³-hybridized carbons (Fsp3) is 0.286. The number of halogens is 1. The van der Waals surface area contributed by atoms with Gasteiger partial charge in [-0.05, 0) is 11.6 Å². The van der Waals surface area contributed by atoms with Crippen LogP contribution in [0.4, 0.5) is 0 Å².